The van der Waals surface area contributed by atoms with E-state index in [2.05, 4.69) is 43.4 Å². The molecule has 0 radical (unpaired) electrons. The number of aliphatic hydroxyl groups excluding tert-OH is 1. The summed E-state index contributed by atoms with van der Waals surface area (Å²) >= 11 is 0. The van der Waals surface area contributed by atoms with Gasteiger partial charge in [-0.3, -0.25) is 0 Å². The number of hydrogen-bond donors (Lipinski definition) is 2. The van der Waals surface area contributed by atoms with Gasteiger partial charge in [-0.15, -0.1) is 0 Å². The van der Waals surface area contributed by atoms with Crippen LogP contribution in [0, 0.1) is 0 Å². The van der Waals surface area contributed by atoms with E-state index >= 15 is 0 Å². The van der Waals surface area contributed by atoms with Crippen molar-refractivity contribution in [2.45, 2.75) is 70.6 Å². The van der Waals surface area contributed by atoms with Gasteiger partial charge in [-0.2, -0.15) is 0 Å². The van der Waals surface area contributed by atoms with E-state index in [1.54, 1.807) is 0 Å². The van der Waals surface area contributed by atoms with Crippen LogP contribution in [0.25, 0.3) is 0 Å². The monoisotopic (exact) mass is 261 g/mol. The summed E-state index contributed by atoms with van der Waals surface area (Å²) in [6, 6.07) is 9.16. The van der Waals surface area contributed by atoms with Crippen LogP contribution in [-0.2, 0) is 6.42 Å². The van der Waals surface area contributed by atoms with Crippen LogP contribution >= 0.6 is 0 Å². The van der Waals surface area contributed by atoms with Gasteiger partial charge in [0.25, 0.3) is 0 Å². The average Bonchev–Trinajstić information content (AvgIpc) is 2.92. The van der Waals surface area contributed by atoms with Gasteiger partial charge in [-0.1, -0.05) is 50.5 Å². The lowest BCUT2D eigenvalue weighted by atomic mass is 10.00. The minimum Gasteiger partial charge on any atom is -0.387 e. The summed E-state index contributed by atoms with van der Waals surface area (Å²) in [5.41, 5.74) is 2.38. The Hall–Kier alpha value is -0.860. The predicted octanol–water partition coefficient (Wildman–Crippen LogP) is 3.59. The molecule has 1 aliphatic rings. The maximum Gasteiger partial charge on any atom is 0.0940 e. The average molecular weight is 261 g/mol. The molecule has 0 amide bonds. The fraction of sp³-hybridized carbons (Fsp3) is 0.647. The molecule has 1 saturated carbocycles. The van der Waals surface area contributed by atoms with Gasteiger partial charge < -0.3 is 10.4 Å². The van der Waals surface area contributed by atoms with E-state index in [0.717, 1.165) is 12.0 Å². The molecule has 2 atom stereocenters. The van der Waals surface area contributed by atoms with Crippen LogP contribution in [-0.4, -0.2) is 17.2 Å². The molecule has 2 nitrogen and oxygen atoms in total. The van der Waals surface area contributed by atoms with E-state index in [0.29, 0.717) is 6.04 Å². The second-order valence-electron chi connectivity index (χ2n) is 5.87. The standard InChI is InChI=1S/C17H27NO/c1-3-6-14-9-11-15(12-10-14)17(19)13(2)18-16-7-4-5-8-16/h9-13,16-19H,3-8H2,1-2H3. The molecule has 2 N–H and O–H groups in total. The molecule has 0 aliphatic heterocycles. The molecule has 0 aromatic heterocycles. The normalized spacial score (nSPS) is 19.5. The van der Waals surface area contributed by atoms with Crippen molar-refractivity contribution in [3.8, 4) is 0 Å². The van der Waals surface area contributed by atoms with Crippen molar-refractivity contribution in [1.82, 2.24) is 5.32 Å². The van der Waals surface area contributed by atoms with Crippen LogP contribution < -0.4 is 5.32 Å². The highest BCUT2D eigenvalue weighted by Gasteiger charge is 2.22. The lowest BCUT2D eigenvalue weighted by molar-refractivity contribution is 0.129. The molecule has 1 aliphatic carbocycles. The van der Waals surface area contributed by atoms with Crippen LogP contribution in [0.5, 0.6) is 0 Å². The van der Waals surface area contributed by atoms with Crippen LogP contribution in [0.15, 0.2) is 24.3 Å². The van der Waals surface area contributed by atoms with Crippen molar-refractivity contribution in [2.24, 2.45) is 0 Å². The number of benzene rings is 1. The molecule has 1 aromatic carbocycles. The van der Waals surface area contributed by atoms with Crippen molar-refractivity contribution < 1.29 is 5.11 Å². The van der Waals surface area contributed by atoms with Gasteiger partial charge in [0.05, 0.1) is 6.10 Å². The molecule has 2 unspecified atom stereocenters. The third-order valence-corrected chi connectivity index (χ3v) is 4.19. The first kappa shape index (κ1) is 14.5. The largest absolute Gasteiger partial charge is 0.387 e. The van der Waals surface area contributed by atoms with E-state index in [9.17, 15) is 5.11 Å². The van der Waals surface area contributed by atoms with E-state index in [-0.39, 0.29) is 6.04 Å². The van der Waals surface area contributed by atoms with Crippen LogP contribution in [0.3, 0.4) is 0 Å². The Kier molecular flexibility index (Phi) is 5.41. The van der Waals surface area contributed by atoms with Crippen molar-refractivity contribution in [1.29, 1.82) is 0 Å². The highest BCUT2D eigenvalue weighted by atomic mass is 16.3. The van der Waals surface area contributed by atoms with Gasteiger partial charge >= 0.3 is 0 Å². The third kappa shape index (κ3) is 4.05. The van der Waals surface area contributed by atoms with Crippen molar-refractivity contribution in [3.05, 3.63) is 35.4 Å². The number of aryl methyl sites for hydroxylation is 1. The summed E-state index contributed by atoms with van der Waals surface area (Å²) in [7, 11) is 0. The van der Waals surface area contributed by atoms with E-state index < -0.39 is 6.10 Å². The molecule has 2 rings (SSSR count). The Morgan fingerprint density at radius 2 is 1.84 bits per heavy atom. The summed E-state index contributed by atoms with van der Waals surface area (Å²) in [6.07, 6.45) is 7.04. The quantitative estimate of drug-likeness (QED) is 0.820. The number of rotatable bonds is 6. The third-order valence-electron chi connectivity index (χ3n) is 4.19. The first-order valence-electron chi connectivity index (χ1n) is 7.73. The number of aliphatic hydroxyl groups is 1. The maximum atomic E-state index is 10.4. The van der Waals surface area contributed by atoms with Gasteiger partial charge in [0.2, 0.25) is 0 Å². The highest BCUT2D eigenvalue weighted by molar-refractivity contribution is 5.25. The maximum absolute atomic E-state index is 10.4. The minimum absolute atomic E-state index is 0.125. The molecule has 0 bridgehead atoms. The highest BCUT2D eigenvalue weighted by Crippen LogP contribution is 2.22. The zero-order chi connectivity index (χ0) is 13.7. The zero-order valence-electron chi connectivity index (χ0n) is 12.2. The summed E-state index contributed by atoms with van der Waals surface area (Å²) in [6.45, 7) is 4.28. The van der Waals surface area contributed by atoms with Crippen molar-refractivity contribution in [3.63, 3.8) is 0 Å². The van der Waals surface area contributed by atoms with Gasteiger partial charge in [0, 0.05) is 12.1 Å². The van der Waals surface area contributed by atoms with Crippen LogP contribution in [0.1, 0.15) is 63.2 Å². The van der Waals surface area contributed by atoms with E-state index in [1.807, 2.05) is 0 Å². The summed E-state index contributed by atoms with van der Waals surface area (Å²) in [5, 5.41) is 14.0. The lowest BCUT2D eigenvalue weighted by Gasteiger charge is -2.24. The lowest BCUT2D eigenvalue weighted by Crippen LogP contribution is -2.38. The molecule has 106 valence electrons. The van der Waals surface area contributed by atoms with Crippen molar-refractivity contribution in [2.75, 3.05) is 0 Å². The molecule has 19 heavy (non-hydrogen) atoms. The van der Waals surface area contributed by atoms with Gasteiger partial charge in [0.1, 0.15) is 0 Å². The fourth-order valence-electron chi connectivity index (χ4n) is 3.01. The predicted molar refractivity (Wildman–Crippen MR) is 80.3 cm³/mol. The molecule has 1 aromatic rings. The second kappa shape index (κ2) is 7.06. The first-order valence-corrected chi connectivity index (χ1v) is 7.73. The zero-order valence-corrected chi connectivity index (χ0v) is 12.2. The second-order valence-corrected chi connectivity index (χ2v) is 5.87. The minimum atomic E-state index is -0.406. The van der Waals surface area contributed by atoms with Crippen molar-refractivity contribution >= 4 is 0 Å². The fourth-order valence-corrected chi connectivity index (χ4v) is 3.01. The van der Waals surface area contributed by atoms with Crippen LogP contribution in [0.2, 0.25) is 0 Å². The molecule has 1 fully saturated rings. The van der Waals surface area contributed by atoms with E-state index in [4.69, 9.17) is 0 Å². The van der Waals surface area contributed by atoms with Crippen LogP contribution in [0.4, 0.5) is 0 Å². The topological polar surface area (TPSA) is 32.3 Å². The SMILES string of the molecule is CCCc1ccc(C(O)C(C)NC2CCCC2)cc1. The summed E-state index contributed by atoms with van der Waals surface area (Å²) < 4.78 is 0. The van der Waals surface area contributed by atoms with E-state index in [1.165, 1.54) is 37.7 Å². The Labute approximate surface area is 117 Å². The van der Waals surface area contributed by atoms with Gasteiger partial charge in [-0.05, 0) is 37.3 Å². The molecule has 2 heteroatoms. The molecule has 0 saturated heterocycles. The van der Waals surface area contributed by atoms with Gasteiger partial charge in [-0.25, -0.2) is 0 Å². The Balaban J connectivity index is 1.91. The first-order chi connectivity index (χ1) is 9.20. The molecular weight excluding hydrogens is 234 g/mol. The number of nitrogens with one attached hydrogen (secondary N) is 1. The molecule has 0 heterocycles. The molecule has 0 spiro atoms. The Morgan fingerprint density at radius 1 is 1.21 bits per heavy atom. The summed E-state index contributed by atoms with van der Waals surface area (Å²) in [4.78, 5) is 0. The molecular formula is C17H27NO. The summed E-state index contributed by atoms with van der Waals surface area (Å²) in [5.74, 6) is 0. The van der Waals surface area contributed by atoms with Gasteiger partial charge in [0.15, 0.2) is 0 Å². The Morgan fingerprint density at radius 3 is 2.42 bits per heavy atom. The Bertz CT molecular complexity index is 367. The number of hydrogen-bond acceptors (Lipinski definition) is 2. The smallest absolute Gasteiger partial charge is 0.0940 e.